The summed E-state index contributed by atoms with van der Waals surface area (Å²) in [6.45, 7) is 4.98. The van der Waals surface area contributed by atoms with Gasteiger partial charge in [0.2, 0.25) is 5.91 Å². The summed E-state index contributed by atoms with van der Waals surface area (Å²) in [6, 6.07) is 1.09. The van der Waals surface area contributed by atoms with E-state index in [2.05, 4.69) is 17.1 Å². The summed E-state index contributed by atoms with van der Waals surface area (Å²) in [6.07, 6.45) is 6.80. The summed E-state index contributed by atoms with van der Waals surface area (Å²) in [7, 11) is 0. The molecule has 2 aliphatic heterocycles. The van der Waals surface area contributed by atoms with Crippen molar-refractivity contribution < 1.29 is 4.79 Å². The molecule has 1 amide bonds. The monoisotopic (exact) mass is 253 g/mol. The van der Waals surface area contributed by atoms with Crippen molar-refractivity contribution in [2.75, 3.05) is 19.6 Å². The molecule has 3 atom stereocenters. The summed E-state index contributed by atoms with van der Waals surface area (Å²) in [5, 5.41) is 3.22. The lowest BCUT2D eigenvalue weighted by atomic mass is 9.96. The molecule has 0 radical (unpaired) electrons. The van der Waals surface area contributed by atoms with Crippen LogP contribution in [0.4, 0.5) is 0 Å². The van der Waals surface area contributed by atoms with Crippen molar-refractivity contribution in [3.63, 3.8) is 0 Å². The van der Waals surface area contributed by atoms with Gasteiger partial charge in [-0.15, -0.1) is 0 Å². The van der Waals surface area contributed by atoms with E-state index in [-0.39, 0.29) is 11.8 Å². The van der Waals surface area contributed by atoms with Crippen LogP contribution in [0.15, 0.2) is 0 Å². The van der Waals surface area contributed by atoms with Gasteiger partial charge in [0.05, 0.1) is 5.92 Å². The number of hydrogen-bond donors (Lipinski definition) is 2. The van der Waals surface area contributed by atoms with Crippen LogP contribution in [0.5, 0.6) is 0 Å². The fraction of sp³-hybridized carbons (Fsp3) is 0.929. The van der Waals surface area contributed by atoms with Gasteiger partial charge >= 0.3 is 0 Å². The molecule has 104 valence electrons. The normalized spacial score (nSPS) is 29.9. The number of carbonyl (C=O) groups excluding carboxylic acids is 1. The molecule has 0 aromatic carbocycles. The quantitative estimate of drug-likeness (QED) is 0.771. The summed E-state index contributed by atoms with van der Waals surface area (Å²) >= 11 is 0. The molecule has 3 unspecified atom stereocenters. The first-order chi connectivity index (χ1) is 8.74. The average Bonchev–Trinajstić information content (AvgIpc) is 2.83. The van der Waals surface area contributed by atoms with Crippen LogP contribution in [0.2, 0.25) is 0 Å². The van der Waals surface area contributed by atoms with Gasteiger partial charge in [-0.05, 0) is 38.6 Å². The predicted octanol–water partition coefficient (Wildman–Crippen LogP) is 1.10. The third kappa shape index (κ3) is 3.23. The van der Waals surface area contributed by atoms with Crippen LogP contribution >= 0.6 is 0 Å². The van der Waals surface area contributed by atoms with Crippen molar-refractivity contribution in [3.8, 4) is 0 Å². The van der Waals surface area contributed by atoms with Crippen LogP contribution in [0, 0.1) is 5.92 Å². The van der Waals surface area contributed by atoms with Gasteiger partial charge in [-0.2, -0.15) is 0 Å². The van der Waals surface area contributed by atoms with E-state index < -0.39 is 0 Å². The van der Waals surface area contributed by atoms with Crippen LogP contribution in [0.3, 0.4) is 0 Å². The topological polar surface area (TPSA) is 58.4 Å². The minimum Gasteiger partial charge on any atom is -0.353 e. The number of rotatable bonds is 5. The number of carbonyl (C=O) groups is 1. The molecule has 2 aliphatic rings. The number of nitrogens with two attached hydrogens (primary N) is 1. The van der Waals surface area contributed by atoms with Gasteiger partial charge in [0.25, 0.3) is 0 Å². The highest BCUT2D eigenvalue weighted by Gasteiger charge is 2.32. The van der Waals surface area contributed by atoms with E-state index >= 15 is 0 Å². The molecule has 0 aromatic heterocycles. The fourth-order valence-electron chi connectivity index (χ4n) is 3.38. The third-order valence-electron chi connectivity index (χ3n) is 4.46. The molecule has 0 aromatic rings. The molecule has 18 heavy (non-hydrogen) atoms. The van der Waals surface area contributed by atoms with Gasteiger partial charge < -0.3 is 16.0 Å². The number of nitrogens with zero attached hydrogens (tertiary/aromatic N) is 1. The molecular formula is C14H27N3O. The van der Waals surface area contributed by atoms with Crippen LogP contribution in [0.25, 0.3) is 0 Å². The molecule has 3 N–H and O–H groups in total. The van der Waals surface area contributed by atoms with Crippen molar-refractivity contribution in [2.45, 2.75) is 57.5 Å². The zero-order chi connectivity index (χ0) is 13.0. The lowest BCUT2D eigenvalue weighted by Crippen LogP contribution is -2.49. The summed E-state index contributed by atoms with van der Waals surface area (Å²) in [5.74, 6) is 0.187. The molecule has 2 rings (SSSR count). The molecule has 0 spiro atoms. The van der Waals surface area contributed by atoms with Crippen LogP contribution in [-0.4, -0.2) is 42.5 Å². The van der Waals surface area contributed by atoms with Gasteiger partial charge in [0.1, 0.15) is 0 Å². The van der Waals surface area contributed by atoms with Crippen molar-refractivity contribution in [3.05, 3.63) is 0 Å². The minimum atomic E-state index is 0.0107. The molecule has 4 heteroatoms. The Bertz CT molecular complexity index is 282. The number of nitrogens with one attached hydrogen (secondary N) is 1. The van der Waals surface area contributed by atoms with Gasteiger partial charge in [0, 0.05) is 25.2 Å². The third-order valence-corrected chi connectivity index (χ3v) is 4.46. The van der Waals surface area contributed by atoms with Crippen molar-refractivity contribution in [2.24, 2.45) is 11.7 Å². The lowest BCUT2D eigenvalue weighted by molar-refractivity contribution is -0.126. The zero-order valence-electron chi connectivity index (χ0n) is 11.5. The summed E-state index contributed by atoms with van der Waals surface area (Å²) in [5.41, 5.74) is 5.68. The molecule has 2 saturated heterocycles. The maximum Gasteiger partial charge on any atom is 0.224 e. The second-order valence-electron chi connectivity index (χ2n) is 5.78. The average molecular weight is 253 g/mol. The Morgan fingerprint density at radius 1 is 1.44 bits per heavy atom. The van der Waals surface area contributed by atoms with E-state index in [1.54, 1.807) is 0 Å². The maximum atomic E-state index is 12.1. The Balaban J connectivity index is 1.80. The van der Waals surface area contributed by atoms with Crippen molar-refractivity contribution in [1.82, 2.24) is 10.2 Å². The van der Waals surface area contributed by atoms with E-state index in [1.165, 1.54) is 19.4 Å². The maximum absolute atomic E-state index is 12.1. The predicted molar refractivity (Wildman–Crippen MR) is 73.2 cm³/mol. The number of amides is 1. The first-order valence-electron chi connectivity index (χ1n) is 7.49. The van der Waals surface area contributed by atoms with Crippen molar-refractivity contribution in [1.29, 1.82) is 0 Å². The SMILES string of the molecule is CCCC(CN)C(=O)NC1CCN2CCCC2C1. The van der Waals surface area contributed by atoms with Crippen LogP contribution in [0.1, 0.15) is 45.4 Å². The Morgan fingerprint density at radius 3 is 3.00 bits per heavy atom. The number of hydrogen-bond acceptors (Lipinski definition) is 3. The second kappa shape index (κ2) is 6.53. The van der Waals surface area contributed by atoms with E-state index in [4.69, 9.17) is 5.73 Å². The van der Waals surface area contributed by atoms with Gasteiger partial charge in [-0.25, -0.2) is 0 Å². The summed E-state index contributed by atoms with van der Waals surface area (Å²) < 4.78 is 0. The standard InChI is InChI=1S/C14H27N3O/c1-2-4-11(10-15)14(18)16-12-6-8-17-7-3-5-13(17)9-12/h11-13H,2-10,15H2,1H3,(H,16,18). The van der Waals surface area contributed by atoms with Crippen molar-refractivity contribution >= 4 is 5.91 Å². The molecular weight excluding hydrogens is 226 g/mol. The number of fused-ring (bicyclic) bond motifs is 1. The first kappa shape index (κ1) is 13.8. The van der Waals surface area contributed by atoms with E-state index in [0.29, 0.717) is 18.6 Å². The van der Waals surface area contributed by atoms with Gasteiger partial charge in [-0.1, -0.05) is 13.3 Å². The molecule has 4 nitrogen and oxygen atoms in total. The minimum absolute atomic E-state index is 0.0107. The van der Waals surface area contributed by atoms with Crippen LogP contribution in [-0.2, 0) is 4.79 Å². The van der Waals surface area contributed by atoms with E-state index in [9.17, 15) is 4.79 Å². The molecule has 0 saturated carbocycles. The Hall–Kier alpha value is -0.610. The zero-order valence-corrected chi connectivity index (χ0v) is 11.5. The molecule has 2 fully saturated rings. The number of piperidine rings is 1. The smallest absolute Gasteiger partial charge is 0.224 e. The van der Waals surface area contributed by atoms with E-state index in [1.807, 2.05) is 0 Å². The van der Waals surface area contributed by atoms with Gasteiger partial charge in [0.15, 0.2) is 0 Å². The Morgan fingerprint density at radius 2 is 2.28 bits per heavy atom. The Labute approximate surface area is 110 Å². The highest BCUT2D eigenvalue weighted by atomic mass is 16.1. The van der Waals surface area contributed by atoms with Gasteiger partial charge in [-0.3, -0.25) is 4.79 Å². The molecule has 0 bridgehead atoms. The largest absolute Gasteiger partial charge is 0.353 e. The lowest BCUT2D eigenvalue weighted by Gasteiger charge is -2.35. The van der Waals surface area contributed by atoms with E-state index in [0.717, 1.165) is 32.2 Å². The molecule has 0 aliphatic carbocycles. The van der Waals surface area contributed by atoms with Crippen LogP contribution < -0.4 is 11.1 Å². The molecule has 2 heterocycles. The highest BCUT2D eigenvalue weighted by molar-refractivity contribution is 5.79. The highest BCUT2D eigenvalue weighted by Crippen LogP contribution is 2.27. The Kier molecular flexibility index (Phi) is 5.01. The first-order valence-corrected chi connectivity index (χ1v) is 7.49. The fourth-order valence-corrected chi connectivity index (χ4v) is 3.38. The second-order valence-corrected chi connectivity index (χ2v) is 5.78. The summed E-state index contributed by atoms with van der Waals surface area (Å²) in [4.78, 5) is 14.7.